The zero-order valence-electron chi connectivity index (χ0n) is 13.9. The van der Waals surface area contributed by atoms with Gasteiger partial charge in [0.1, 0.15) is 5.84 Å². The lowest BCUT2D eigenvalue weighted by molar-refractivity contribution is -0.0116. The second kappa shape index (κ2) is 7.99. The van der Waals surface area contributed by atoms with Gasteiger partial charge in [0.15, 0.2) is 0 Å². The zero-order valence-corrected chi connectivity index (χ0v) is 13.9. The van der Waals surface area contributed by atoms with Crippen molar-refractivity contribution >= 4 is 5.84 Å². The smallest absolute Gasteiger partial charge is 0.144 e. The standard InChI is InChI=1S/C16H33N3O2/c1-13-7-6-9-16(20,11-13)12-18-10-5-4-8-15(2,3)14(17)19-21/h13,18,20-21H,4-12H2,1-3H3,(H2,17,19). The van der Waals surface area contributed by atoms with Crippen molar-refractivity contribution in [1.29, 1.82) is 0 Å². The highest BCUT2D eigenvalue weighted by molar-refractivity contribution is 5.85. The maximum atomic E-state index is 10.5. The van der Waals surface area contributed by atoms with E-state index in [0.717, 1.165) is 45.1 Å². The molecule has 0 aliphatic heterocycles. The van der Waals surface area contributed by atoms with E-state index in [1.54, 1.807) is 0 Å². The molecule has 0 saturated heterocycles. The van der Waals surface area contributed by atoms with Gasteiger partial charge in [-0.3, -0.25) is 0 Å². The highest BCUT2D eigenvalue weighted by atomic mass is 16.4. The second-order valence-electron chi connectivity index (χ2n) is 7.43. The number of oxime groups is 1. The monoisotopic (exact) mass is 299 g/mol. The quantitative estimate of drug-likeness (QED) is 0.182. The van der Waals surface area contributed by atoms with Crippen molar-refractivity contribution in [2.45, 2.75) is 71.3 Å². The van der Waals surface area contributed by atoms with E-state index in [4.69, 9.17) is 10.9 Å². The van der Waals surface area contributed by atoms with E-state index < -0.39 is 5.60 Å². The topological polar surface area (TPSA) is 90.9 Å². The maximum absolute atomic E-state index is 10.5. The first-order chi connectivity index (χ1) is 9.79. The average molecular weight is 299 g/mol. The Hall–Kier alpha value is -0.810. The third kappa shape index (κ3) is 6.22. The van der Waals surface area contributed by atoms with Gasteiger partial charge in [-0.15, -0.1) is 0 Å². The summed E-state index contributed by atoms with van der Waals surface area (Å²) in [6.45, 7) is 7.80. The Labute approximate surface area is 129 Å². The summed E-state index contributed by atoms with van der Waals surface area (Å²) >= 11 is 0. The van der Waals surface area contributed by atoms with Gasteiger partial charge in [-0.25, -0.2) is 0 Å². The Balaban J connectivity index is 2.15. The molecule has 0 aromatic carbocycles. The molecule has 5 heteroatoms. The molecule has 0 bridgehead atoms. The van der Waals surface area contributed by atoms with Gasteiger partial charge in [0, 0.05) is 12.0 Å². The molecular formula is C16H33N3O2. The van der Waals surface area contributed by atoms with Crippen LogP contribution in [0.4, 0.5) is 0 Å². The molecular weight excluding hydrogens is 266 g/mol. The molecule has 1 saturated carbocycles. The zero-order chi connectivity index (χ0) is 15.9. The van der Waals surface area contributed by atoms with Crippen LogP contribution in [0.1, 0.15) is 65.7 Å². The molecule has 5 N–H and O–H groups in total. The third-order valence-electron chi connectivity index (χ3n) is 4.73. The van der Waals surface area contributed by atoms with Crippen LogP contribution in [0.25, 0.3) is 0 Å². The van der Waals surface area contributed by atoms with E-state index in [9.17, 15) is 5.11 Å². The van der Waals surface area contributed by atoms with Crippen molar-refractivity contribution in [1.82, 2.24) is 5.32 Å². The second-order valence-corrected chi connectivity index (χ2v) is 7.43. The molecule has 1 fully saturated rings. The van der Waals surface area contributed by atoms with Crippen LogP contribution in [-0.4, -0.2) is 34.8 Å². The Morgan fingerprint density at radius 1 is 1.43 bits per heavy atom. The van der Waals surface area contributed by atoms with Crippen LogP contribution in [0.2, 0.25) is 0 Å². The minimum Gasteiger partial charge on any atom is -0.409 e. The predicted octanol–water partition coefficient (Wildman–Crippen LogP) is 2.46. The molecule has 1 aliphatic rings. The molecule has 0 radical (unpaired) electrons. The lowest BCUT2D eigenvalue weighted by Gasteiger charge is -2.35. The van der Waals surface area contributed by atoms with E-state index >= 15 is 0 Å². The minimum absolute atomic E-state index is 0.258. The van der Waals surface area contributed by atoms with E-state index in [1.165, 1.54) is 6.42 Å². The number of unbranched alkanes of at least 4 members (excludes halogenated alkanes) is 1. The molecule has 0 aromatic heterocycles. The van der Waals surface area contributed by atoms with Crippen molar-refractivity contribution in [3.8, 4) is 0 Å². The van der Waals surface area contributed by atoms with Crippen molar-refractivity contribution < 1.29 is 10.3 Å². The lowest BCUT2D eigenvalue weighted by Crippen LogP contribution is -2.44. The number of amidine groups is 1. The van der Waals surface area contributed by atoms with Crippen LogP contribution in [0.5, 0.6) is 0 Å². The first-order valence-electron chi connectivity index (χ1n) is 8.20. The average Bonchev–Trinajstić information content (AvgIpc) is 2.41. The summed E-state index contributed by atoms with van der Waals surface area (Å²) in [5.74, 6) is 0.924. The van der Waals surface area contributed by atoms with Crippen LogP contribution < -0.4 is 11.1 Å². The molecule has 1 rings (SSSR count). The molecule has 5 nitrogen and oxygen atoms in total. The number of hydrogen-bond acceptors (Lipinski definition) is 4. The number of nitrogens with zero attached hydrogens (tertiary/aromatic N) is 1. The highest BCUT2D eigenvalue weighted by Gasteiger charge is 2.31. The Bertz CT molecular complexity index is 344. The Kier molecular flexibility index (Phi) is 6.94. The first-order valence-corrected chi connectivity index (χ1v) is 8.20. The summed E-state index contributed by atoms with van der Waals surface area (Å²) in [5, 5.41) is 25.7. The van der Waals surface area contributed by atoms with Gasteiger partial charge in [-0.05, 0) is 38.1 Å². The molecule has 0 amide bonds. The molecule has 0 heterocycles. The van der Waals surface area contributed by atoms with Crippen LogP contribution in [0.3, 0.4) is 0 Å². The minimum atomic E-state index is -0.509. The molecule has 2 unspecified atom stereocenters. The van der Waals surface area contributed by atoms with Crippen molar-refractivity contribution in [2.75, 3.05) is 13.1 Å². The number of rotatable bonds is 8. The summed E-state index contributed by atoms with van der Waals surface area (Å²) < 4.78 is 0. The molecule has 1 aliphatic carbocycles. The fourth-order valence-electron chi connectivity index (χ4n) is 3.19. The molecule has 0 spiro atoms. The predicted molar refractivity (Wildman–Crippen MR) is 86.5 cm³/mol. The van der Waals surface area contributed by atoms with Gasteiger partial charge in [0.05, 0.1) is 5.60 Å². The summed E-state index contributed by atoms with van der Waals surface area (Å²) in [6, 6.07) is 0. The molecule has 0 aromatic rings. The largest absolute Gasteiger partial charge is 0.409 e. The van der Waals surface area contributed by atoms with E-state index in [1.807, 2.05) is 13.8 Å². The Morgan fingerprint density at radius 3 is 2.76 bits per heavy atom. The van der Waals surface area contributed by atoms with Crippen LogP contribution in [0, 0.1) is 11.3 Å². The SMILES string of the molecule is CC1CCCC(O)(CNCCCCC(C)(C)C(N)=NO)C1. The third-order valence-corrected chi connectivity index (χ3v) is 4.73. The maximum Gasteiger partial charge on any atom is 0.144 e. The van der Waals surface area contributed by atoms with Crippen molar-refractivity contribution in [2.24, 2.45) is 22.2 Å². The number of nitrogens with two attached hydrogens (primary N) is 1. The molecule has 124 valence electrons. The molecule has 21 heavy (non-hydrogen) atoms. The van der Waals surface area contributed by atoms with Gasteiger partial charge in [0.25, 0.3) is 0 Å². The van der Waals surface area contributed by atoms with E-state index in [-0.39, 0.29) is 5.41 Å². The summed E-state index contributed by atoms with van der Waals surface area (Å²) in [6.07, 6.45) is 7.15. The lowest BCUT2D eigenvalue weighted by atomic mass is 9.79. The Morgan fingerprint density at radius 2 is 2.14 bits per heavy atom. The number of aliphatic hydroxyl groups is 1. The van der Waals surface area contributed by atoms with E-state index in [0.29, 0.717) is 18.3 Å². The number of nitrogens with one attached hydrogen (secondary N) is 1. The van der Waals surface area contributed by atoms with Gasteiger partial charge in [-0.1, -0.05) is 45.2 Å². The fraction of sp³-hybridized carbons (Fsp3) is 0.938. The normalized spacial score (nSPS) is 27.8. The van der Waals surface area contributed by atoms with Crippen molar-refractivity contribution in [3.05, 3.63) is 0 Å². The highest BCUT2D eigenvalue weighted by Crippen LogP contribution is 2.31. The van der Waals surface area contributed by atoms with E-state index in [2.05, 4.69) is 17.4 Å². The van der Waals surface area contributed by atoms with Gasteiger partial charge in [-0.2, -0.15) is 0 Å². The number of hydrogen-bond donors (Lipinski definition) is 4. The molecule has 2 atom stereocenters. The van der Waals surface area contributed by atoms with Gasteiger partial charge in [0.2, 0.25) is 0 Å². The fourth-order valence-corrected chi connectivity index (χ4v) is 3.19. The summed E-state index contributed by atoms with van der Waals surface area (Å²) in [5.41, 5.74) is 4.90. The first kappa shape index (κ1) is 18.2. The summed E-state index contributed by atoms with van der Waals surface area (Å²) in [7, 11) is 0. The van der Waals surface area contributed by atoms with Crippen molar-refractivity contribution in [3.63, 3.8) is 0 Å². The summed E-state index contributed by atoms with van der Waals surface area (Å²) in [4.78, 5) is 0. The van der Waals surface area contributed by atoms with Crippen LogP contribution in [0.15, 0.2) is 5.16 Å². The van der Waals surface area contributed by atoms with Crippen LogP contribution >= 0.6 is 0 Å². The van der Waals surface area contributed by atoms with Gasteiger partial charge < -0.3 is 21.4 Å². The van der Waals surface area contributed by atoms with Crippen LogP contribution in [-0.2, 0) is 0 Å². The van der Waals surface area contributed by atoms with Gasteiger partial charge >= 0.3 is 0 Å².